The quantitative estimate of drug-likeness (QED) is 0.811. The van der Waals surface area contributed by atoms with E-state index in [1.54, 1.807) is 32.4 Å². The van der Waals surface area contributed by atoms with Gasteiger partial charge in [0, 0.05) is 5.56 Å². The van der Waals surface area contributed by atoms with Gasteiger partial charge in [-0.3, -0.25) is 4.79 Å². The molecule has 4 nitrogen and oxygen atoms in total. The van der Waals surface area contributed by atoms with Crippen LogP contribution in [-0.2, 0) is 0 Å². The van der Waals surface area contributed by atoms with Crippen molar-refractivity contribution in [3.05, 3.63) is 58.8 Å². The van der Waals surface area contributed by atoms with Gasteiger partial charge in [-0.15, -0.1) is 0 Å². The first kappa shape index (κ1) is 14.2. The molecule has 0 spiro atoms. The Hall–Kier alpha value is -2.75. The highest BCUT2D eigenvalue weighted by atomic mass is 16.5. The number of allylic oxidation sites excluding steroid dienone is 1. The minimum absolute atomic E-state index is 0.114. The van der Waals surface area contributed by atoms with E-state index in [4.69, 9.17) is 14.2 Å². The molecule has 0 N–H and O–H groups in total. The summed E-state index contributed by atoms with van der Waals surface area (Å²) in [5.74, 6) is 2.25. The molecule has 0 amide bonds. The lowest BCUT2D eigenvalue weighted by Gasteiger charge is -2.07. The summed E-state index contributed by atoms with van der Waals surface area (Å²) in [6.07, 6.45) is 1.73. The molecular formula is C18H16O4. The topological polar surface area (TPSA) is 44.8 Å². The molecule has 112 valence electrons. The van der Waals surface area contributed by atoms with E-state index < -0.39 is 0 Å². The average molecular weight is 296 g/mol. The third-order valence-corrected chi connectivity index (χ3v) is 3.67. The van der Waals surface area contributed by atoms with Crippen molar-refractivity contribution < 1.29 is 19.0 Å². The van der Waals surface area contributed by atoms with Gasteiger partial charge in [0.15, 0.2) is 5.76 Å². The Morgan fingerprint density at radius 2 is 1.73 bits per heavy atom. The maximum absolute atomic E-state index is 12.4. The van der Waals surface area contributed by atoms with Gasteiger partial charge in [0.05, 0.1) is 19.8 Å². The normalized spacial score (nSPS) is 14.7. The van der Waals surface area contributed by atoms with Crippen LogP contribution in [0.3, 0.4) is 0 Å². The molecule has 0 unspecified atom stereocenters. The van der Waals surface area contributed by atoms with Gasteiger partial charge in [-0.05, 0) is 42.8 Å². The Morgan fingerprint density at radius 3 is 2.36 bits per heavy atom. The summed E-state index contributed by atoms with van der Waals surface area (Å²) < 4.78 is 16.1. The summed E-state index contributed by atoms with van der Waals surface area (Å²) in [4.78, 5) is 12.4. The summed E-state index contributed by atoms with van der Waals surface area (Å²) in [5.41, 5.74) is 2.27. The van der Waals surface area contributed by atoms with Gasteiger partial charge in [0.1, 0.15) is 17.2 Å². The van der Waals surface area contributed by atoms with Crippen LogP contribution in [0.4, 0.5) is 0 Å². The van der Waals surface area contributed by atoms with E-state index in [0.29, 0.717) is 22.8 Å². The van der Waals surface area contributed by atoms with Gasteiger partial charge in [-0.2, -0.15) is 0 Å². The van der Waals surface area contributed by atoms with E-state index in [1.165, 1.54) is 0 Å². The number of benzene rings is 2. The number of Topliss-reactive ketones (excluding diaryl/α,β-unsaturated/α-hetero) is 1. The van der Waals surface area contributed by atoms with Crippen molar-refractivity contribution in [2.45, 2.75) is 6.92 Å². The second-order valence-electron chi connectivity index (χ2n) is 4.98. The fourth-order valence-corrected chi connectivity index (χ4v) is 2.44. The van der Waals surface area contributed by atoms with Crippen LogP contribution in [0.5, 0.6) is 17.2 Å². The highest BCUT2D eigenvalue weighted by Gasteiger charge is 2.29. The Balaban J connectivity index is 1.96. The number of methoxy groups -OCH3 is 2. The molecule has 2 aromatic rings. The first-order valence-electron chi connectivity index (χ1n) is 6.90. The van der Waals surface area contributed by atoms with E-state index in [-0.39, 0.29) is 5.78 Å². The first-order valence-corrected chi connectivity index (χ1v) is 6.90. The Bertz CT molecular complexity index is 757. The first-order chi connectivity index (χ1) is 10.6. The molecule has 1 aliphatic heterocycles. The zero-order valence-electron chi connectivity index (χ0n) is 12.7. The summed E-state index contributed by atoms with van der Waals surface area (Å²) >= 11 is 0. The lowest BCUT2D eigenvalue weighted by Crippen LogP contribution is -1.97. The number of carbonyl (C=O) groups is 1. The van der Waals surface area contributed by atoms with E-state index in [2.05, 4.69) is 0 Å². The molecule has 22 heavy (non-hydrogen) atoms. The van der Waals surface area contributed by atoms with Crippen LogP contribution in [0.15, 0.2) is 42.2 Å². The molecular weight excluding hydrogens is 280 g/mol. The average Bonchev–Trinajstić information content (AvgIpc) is 2.86. The minimum Gasteiger partial charge on any atom is -0.497 e. The minimum atomic E-state index is -0.114. The van der Waals surface area contributed by atoms with Gasteiger partial charge in [0.25, 0.3) is 0 Å². The van der Waals surface area contributed by atoms with Gasteiger partial charge in [-0.25, -0.2) is 0 Å². The lowest BCUT2D eigenvalue weighted by molar-refractivity contribution is 0.101. The third-order valence-electron chi connectivity index (χ3n) is 3.67. The third kappa shape index (κ3) is 2.33. The number of carbonyl (C=O) groups excluding carboxylic acids is 1. The predicted octanol–water partition coefficient (Wildman–Crippen LogP) is 3.63. The maximum Gasteiger partial charge on any atom is 0.231 e. The van der Waals surface area contributed by atoms with Crippen molar-refractivity contribution in [3.8, 4) is 17.2 Å². The Kier molecular flexibility index (Phi) is 3.59. The van der Waals surface area contributed by atoms with Crippen LogP contribution < -0.4 is 14.2 Å². The fourth-order valence-electron chi connectivity index (χ4n) is 2.44. The number of ketones is 1. The van der Waals surface area contributed by atoms with Gasteiger partial charge < -0.3 is 14.2 Å². The van der Waals surface area contributed by atoms with Gasteiger partial charge in [0.2, 0.25) is 5.78 Å². The molecule has 0 radical (unpaired) electrons. The summed E-state index contributed by atoms with van der Waals surface area (Å²) in [6.45, 7) is 1.88. The highest BCUT2D eigenvalue weighted by molar-refractivity contribution is 6.14. The van der Waals surface area contributed by atoms with Crippen molar-refractivity contribution in [1.82, 2.24) is 0 Å². The van der Waals surface area contributed by atoms with Crippen molar-refractivity contribution in [2.75, 3.05) is 14.2 Å². The standard InChI is InChI=1S/C18H16O4/c1-11-15(21-3)9-8-14-17(19)16(22-18(11)14)10-12-4-6-13(20-2)7-5-12/h4-10H,1-3H3/b16-10-. The molecule has 3 rings (SSSR count). The molecule has 0 saturated carbocycles. The number of fused-ring (bicyclic) bond motifs is 1. The number of rotatable bonds is 3. The van der Waals surface area contributed by atoms with Crippen LogP contribution >= 0.6 is 0 Å². The summed E-state index contributed by atoms with van der Waals surface area (Å²) in [5, 5.41) is 0. The number of hydrogen-bond acceptors (Lipinski definition) is 4. The van der Waals surface area contributed by atoms with Crippen molar-refractivity contribution in [3.63, 3.8) is 0 Å². The SMILES string of the molecule is COc1ccc(/C=C2\Oc3c(ccc(OC)c3C)C2=O)cc1. The number of ether oxygens (including phenoxy) is 3. The fraction of sp³-hybridized carbons (Fsp3) is 0.167. The smallest absolute Gasteiger partial charge is 0.231 e. The van der Waals surface area contributed by atoms with E-state index >= 15 is 0 Å². The molecule has 1 heterocycles. The highest BCUT2D eigenvalue weighted by Crippen LogP contribution is 2.39. The van der Waals surface area contributed by atoms with Crippen LogP contribution in [0.25, 0.3) is 6.08 Å². The Morgan fingerprint density at radius 1 is 1.00 bits per heavy atom. The molecule has 0 atom stereocenters. The predicted molar refractivity (Wildman–Crippen MR) is 83.7 cm³/mol. The van der Waals surface area contributed by atoms with Crippen LogP contribution in [0.1, 0.15) is 21.5 Å². The maximum atomic E-state index is 12.4. The molecule has 0 fully saturated rings. The second-order valence-corrected chi connectivity index (χ2v) is 4.98. The summed E-state index contributed by atoms with van der Waals surface area (Å²) in [6, 6.07) is 10.9. The van der Waals surface area contributed by atoms with E-state index in [9.17, 15) is 4.79 Å². The van der Waals surface area contributed by atoms with Crippen molar-refractivity contribution in [1.29, 1.82) is 0 Å². The monoisotopic (exact) mass is 296 g/mol. The van der Waals surface area contributed by atoms with E-state index in [1.807, 2.05) is 31.2 Å². The van der Waals surface area contributed by atoms with Gasteiger partial charge in [-0.1, -0.05) is 12.1 Å². The number of hydrogen-bond donors (Lipinski definition) is 0. The second kappa shape index (κ2) is 5.56. The molecule has 4 heteroatoms. The lowest BCUT2D eigenvalue weighted by atomic mass is 10.1. The van der Waals surface area contributed by atoms with Crippen LogP contribution in [0, 0.1) is 6.92 Å². The molecule has 1 aliphatic rings. The molecule has 2 aromatic carbocycles. The Labute approximate surface area is 128 Å². The van der Waals surface area contributed by atoms with Crippen molar-refractivity contribution in [2.24, 2.45) is 0 Å². The summed E-state index contributed by atoms with van der Waals surface area (Å²) in [7, 11) is 3.21. The molecule has 0 aromatic heterocycles. The molecule has 0 bridgehead atoms. The van der Waals surface area contributed by atoms with Crippen molar-refractivity contribution >= 4 is 11.9 Å². The largest absolute Gasteiger partial charge is 0.497 e. The van der Waals surface area contributed by atoms with Gasteiger partial charge >= 0.3 is 0 Å². The zero-order chi connectivity index (χ0) is 15.7. The molecule has 0 aliphatic carbocycles. The van der Waals surface area contributed by atoms with E-state index in [0.717, 1.165) is 16.9 Å². The zero-order valence-corrected chi connectivity index (χ0v) is 12.7. The van der Waals surface area contributed by atoms with Crippen LogP contribution in [0.2, 0.25) is 0 Å². The van der Waals surface area contributed by atoms with Crippen LogP contribution in [-0.4, -0.2) is 20.0 Å². The molecule has 0 saturated heterocycles.